The molecule has 0 radical (unpaired) electrons. The Kier molecular flexibility index (Phi) is 18.6. The van der Waals surface area contributed by atoms with Crippen LogP contribution in [0.25, 0.3) is 0 Å². The maximum atomic E-state index is 11.2. The highest BCUT2D eigenvalue weighted by Gasteiger charge is 2.00. The van der Waals surface area contributed by atoms with E-state index in [9.17, 15) is 15.0 Å². The fourth-order valence-corrected chi connectivity index (χ4v) is 2.47. The van der Waals surface area contributed by atoms with Gasteiger partial charge < -0.3 is 14.9 Å². The van der Waals surface area contributed by atoms with Crippen LogP contribution in [0.15, 0.2) is 36.5 Å². The number of carbonyl (C=O) groups excluding carboxylic acids is 1. The average molecular weight is 391 g/mol. The minimum absolute atomic E-state index is 0.115. The number of hydrogen-bond donors (Lipinski definition) is 2. The van der Waals surface area contributed by atoms with Gasteiger partial charge in [0.05, 0.1) is 12.7 Å². The first-order valence-corrected chi connectivity index (χ1v) is 10.6. The summed E-state index contributed by atoms with van der Waals surface area (Å²) in [6, 6.07) is 0. The van der Waals surface area contributed by atoms with Gasteiger partial charge in [-0.2, -0.15) is 0 Å². The van der Waals surface area contributed by atoms with Crippen LogP contribution in [0.2, 0.25) is 0 Å². The van der Waals surface area contributed by atoms with E-state index in [2.05, 4.69) is 24.8 Å². The van der Waals surface area contributed by atoms with Gasteiger partial charge in [-0.15, -0.1) is 0 Å². The van der Waals surface area contributed by atoms with Crippen molar-refractivity contribution in [1.82, 2.24) is 0 Å². The summed E-state index contributed by atoms with van der Waals surface area (Å²) < 4.78 is 4.88. The van der Waals surface area contributed by atoms with E-state index in [1.807, 2.05) is 13.0 Å². The lowest BCUT2D eigenvalue weighted by molar-refractivity contribution is -0.143. The molecule has 0 spiro atoms. The first-order chi connectivity index (χ1) is 13.6. The van der Waals surface area contributed by atoms with Crippen molar-refractivity contribution in [3.63, 3.8) is 0 Å². The van der Waals surface area contributed by atoms with Crippen molar-refractivity contribution in [2.24, 2.45) is 0 Å². The first kappa shape index (κ1) is 26.2. The summed E-state index contributed by atoms with van der Waals surface area (Å²) in [6.07, 6.45) is 18.8. The normalized spacial score (nSPS) is 13.7. The summed E-state index contributed by atoms with van der Waals surface area (Å²) in [5, 5.41) is 19.5. The van der Waals surface area contributed by atoms with Gasteiger partial charge >= 0.3 is 5.97 Å². The van der Waals surface area contributed by atoms with E-state index in [0.29, 0.717) is 19.4 Å². The number of carbonyl (C=O) groups is 1. The summed E-state index contributed by atoms with van der Waals surface area (Å²) in [7, 11) is 0. The second-order valence-electron chi connectivity index (χ2n) is 6.72. The van der Waals surface area contributed by atoms with E-state index < -0.39 is 12.2 Å². The molecule has 0 aliphatic heterocycles. The first-order valence-electron chi connectivity index (χ1n) is 10.6. The average Bonchev–Trinajstić information content (AvgIpc) is 2.67. The molecule has 0 aromatic heterocycles. The van der Waals surface area contributed by atoms with Crippen molar-refractivity contribution < 1.29 is 19.7 Å². The van der Waals surface area contributed by atoms with Crippen LogP contribution in [0, 0.1) is 11.8 Å². The SMILES string of the molecule is CCCCC[C@@H](O)C#C/C=C/C=C/[C@@H](O)C/C=C\CCCCCC(=O)OCC. The standard InChI is InChI=1S/C24H38O4/c1-3-5-12-17-22(25)19-14-10-11-15-20-23(26)18-13-8-6-7-9-16-21-24(27)28-4-2/h8,10-11,13,15,20,22-23,25-26H,3-7,9,12,16-18,21H2,1-2H3/b11-10+,13-8-,20-15+/t22-,23+/m1/s1. The molecule has 0 saturated carbocycles. The third kappa shape index (κ3) is 18.9. The van der Waals surface area contributed by atoms with Crippen LogP contribution in [-0.4, -0.2) is 35.0 Å². The molecule has 0 bridgehead atoms. The van der Waals surface area contributed by atoms with Crippen molar-refractivity contribution in [3.05, 3.63) is 36.5 Å². The molecule has 0 amide bonds. The van der Waals surface area contributed by atoms with Gasteiger partial charge in [-0.1, -0.05) is 68.4 Å². The highest BCUT2D eigenvalue weighted by Crippen LogP contribution is 2.06. The number of esters is 1. The Labute approximate surface area is 171 Å². The molecule has 28 heavy (non-hydrogen) atoms. The van der Waals surface area contributed by atoms with Crippen LogP contribution in [-0.2, 0) is 9.53 Å². The molecular weight excluding hydrogens is 352 g/mol. The second-order valence-corrected chi connectivity index (χ2v) is 6.72. The van der Waals surface area contributed by atoms with Gasteiger partial charge in [0.15, 0.2) is 0 Å². The van der Waals surface area contributed by atoms with Crippen LogP contribution in [0.3, 0.4) is 0 Å². The van der Waals surface area contributed by atoms with Crippen LogP contribution in [0.5, 0.6) is 0 Å². The topological polar surface area (TPSA) is 66.8 Å². The lowest BCUT2D eigenvalue weighted by Crippen LogP contribution is -2.02. The van der Waals surface area contributed by atoms with Crippen molar-refractivity contribution in [1.29, 1.82) is 0 Å². The van der Waals surface area contributed by atoms with Crippen molar-refractivity contribution in [2.75, 3.05) is 6.61 Å². The maximum absolute atomic E-state index is 11.2. The van der Waals surface area contributed by atoms with Crippen LogP contribution in [0.4, 0.5) is 0 Å². The third-order valence-corrected chi connectivity index (χ3v) is 4.06. The van der Waals surface area contributed by atoms with Crippen molar-refractivity contribution >= 4 is 5.97 Å². The molecule has 0 rings (SSSR count). The molecule has 0 aliphatic carbocycles. The van der Waals surface area contributed by atoms with E-state index in [4.69, 9.17) is 4.74 Å². The molecule has 0 aliphatic rings. The van der Waals surface area contributed by atoms with Gasteiger partial charge in [0.25, 0.3) is 0 Å². The van der Waals surface area contributed by atoms with Gasteiger partial charge in [0.2, 0.25) is 0 Å². The van der Waals surface area contributed by atoms with Gasteiger partial charge in [0.1, 0.15) is 6.10 Å². The van der Waals surface area contributed by atoms with Crippen molar-refractivity contribution in [2.45, 2.75) is 90.3 Å². The van der Waals surface area contributed by atoms with Crippen LogP contribution < -0.4 is 0 Å². The Hall–Kier alpha value is -1.83. The Bertz CT molecular complexity index is 522. The maximum Gasteiger partial charge on any atom is 0.305 e. The zero-order valence-electron chi connectivity index (χ0n) is 17.6. The molecule has 4 nitrogen and oxygen atoms in total. The Morgan fingerprint density at radius 2 is 1.86 bits per heavy atom. The second kappa shape index (κ2) is 19.9. The summed E-state index contributed by atoms with van der Waals surface area (Å²) in [6.45, 7) is 4.40. The van der Waals surface area contributed by atoms with E-state index >= 15 is 0 Å². The summed E-state index contributed by atoms with van der Waals surface area (Å²) >= 11 is 0. The smallest absolute Gasteiger partial charge is 0.305 e. The molecule has 158 valence electrons. The van der Waals surface area contributed by atoms with Gasteiger partial charge in [-0.05, 0) is 51.5 Å². The molecule has 0 unspecified atom stereocenters. The number of rotatable bonds is 15. The molecular formula is C24H38O4. The molecule has 2 atom stereocenters. The summed E-state index contributed by atoms with van der Waals surface area (Å²) in [5.74, 6) is 5.50. The molecule has 0 saturated heterocycles. The highest BCUT2D eigenvalue weighted by molar-refractivity contribution is 5.69. The number of aliphatic hydroxyl groups excluding tert-OH is 2. The molecule has 4 heteroatoms. The fourth-order valence-electron chi connectivity index (χ4n) is 2.47. The lowest BCUT2D eigenvalue weighted by Gasteiger charge is -2.01. The summed E-state index contributed by atoms with van der Waals surface area (Å²) in [5.41, 5.74) is 0. The number of hydrogen-bond acceptors (Lipinski definition) is 4. The number of allylic oxidation sites excluding steroid dienone is 4. The Morgan fingerprint density at radius 1 is 1.04 bits per heavy atom. The third-order valence-electron chi connectivity index (χ3n) is 4.06. The predicted octanol–water partition coefficient (Wildman–Crippen LogP) is 4.86. The number of unbranched alkanes of at least 4 members (excludes halogenated alkanes) is 5. The summed E-state index contributed by atoms with van der Waals surface area (Å²) in [4.78, 5) is 11.2. The number of aliphatic hydroxyl groups is 2. The monoisotopic (exact) mass is 390 g/mol. The van der Waals surface area contributed by atoms with Crippen molar-refractivity contribution in [3.8, 4) is 11.8 Å². The van der Waals surface area contributed by atoms with Crippen LogP contribution >= 0.6 is 0 Å². The lowest BCUT2D eigenvalue weighted by atomic mass is 10.1. The Balaban J connectivity index is 3.75. The zero-order chi connectivity index (χ0) is 20.9. The van der Waals surface area contributed by atoms with Crippen LogP contribution in [0.1, 0.15) is 78.1 Å². The molecule has 2 N–H and O–H groups in total. The molecule has 0 aromatic rings. The van der Waals surface area contributed by atoms with E-state index in [1.54, 1.807) is 24.3 Å². The van der Waals surface area contributed by atoms with E-state index in [-0.39, 0.29) is 5.97 Å². The predicted molar refractivity (Wildman–Crippen MR) is 116 cm³/mol. The minimum Gasteiger partial charge on any atom is -0.466 e. The molecule has 0 aromatic carbocycles. The minimum atomic E-state index is -0.555. The van der Waals surface area contributed by atoms with E-state index in [1.165, 1.54) is 0 Å². The molecule has 0 fully saturated rings. The quantitative estimate of drug-likeness (QED) is 0.138. The highest BCUT2D eigenvalue weighted by atomic mass is 16.5. The number of ether oxygens (including phenoxy) is 1. The van der Waals surface area contributed by atoms with Gasteiger partial charge in [-0.3, -0.25) is 4.79 Å². The van der Waals surface area contributed by atoms with Gasteiger partial charge in [-0.25, -0.2) is 0 Å². The zero-order valence-corrected chi connectivity index (χ0v) is 17.6. The Morgan fingerprint density at radius 3 is 2.61 bits per heavy atom. The van der Waals surface area contributed by atoms with Gasteiger partial charge in [0, 0.05) is 6.42 Å². The fraction of sp³-hybridized carbons (Fsp3) is 0.625. The largest absolute Gasteiger partial charge is 0.466 e. The van der Waals surface area contributed by atoms with E-state index in [0.717, 1.165) is 51.4 Å². The molecule has 0 heterocycles.